The first kappa shape index (κ1) is 23.1. The molecular formula is C23H24ClF2NO4S. The van der Waals surface area contributed by atoms with Gasteiger partial charge in [0.05, 0.1) is 20.8 Å². The van der Waals surface area contributed by atoms with Crippen LogP contribution in [0.5, 0.6) is 0 Å². The number of fused-ring (bicyclic) bond motifs is 2. The van der Waals surface area contributed by atoms with Crippen molar-refractivity contribution in [3.8, 4) is 0 Å². The summed E-state index contributed by atoms with van der Waals surface area (Å²) in [6.07, 6.45) is 2.25. The van der Waals surface area contributed by atoms with Crippen LogP contribution in [0, 0.1) is 30.4 Å². The van der Waals surface area contributed by atoms with Gasteiger partial charge in [0.15, 0.2) is 21.5 Å². The Labute approximate surface area is 190 Å². The number of sulfone groups is 1. The van der Waals surface area contributed by atoms with E-state index in [9.17, 15) is 27.1 Å². The number of aryl methyl sites for hydroxylation is 1. The highest BCUT2D eigenvalue weighted by atomic mass is 35.5. The van der Waals surface area contributed by atoms with Crippen molar-refractivity contribution in [3.63, 3.8) is 0 Å². The van der Waals surface area contributed by atoms with E-state index in [2.05, 4.69) is 5.32 Å². The molecule has 4 atom stereocenters. The molecule has 0 heterocycles. The van der Waals surface area contributed by atoms with Gasteiger partial charge in [-0.25, -0.2) is 17.2 Å². The van der Waals surface area contributed by atoms with Crippen LogP contribution < -0.4 is 5.32 Å². The molecule has 2 bridgehead atoms. The Morgan fingerprint density at radius 1 is 1.12 bits per heavy atom. The maximum Gasteiger partial charge on any atom is 0.255 e. The lowest BCUT2D eigenvalue weighted by Gasteiger charge is -2.40. The van der Waals surface area contributed by atoms with Crippen LogP contribution in [0.4, 0.5) is 14.5 Å². The summed E-state index contributed by atoms with van der Waals surface area (Å²) in [5, 5.41) is 12.5. The standard InChI is InChI=1S/C23H24ClF2NO4S/c1-12-7-18(25)19(26)11-20(12)27-22(28)13-3-6-17(24)21(8-13)32(30,31)16-9-14-4-5-15(10-16)23(14,2)29/h3,6-8,11,14-16,29H,4-5,9-10H2,1-2H3,(H,27,28)/t14-,15?,16?,23-/m0/s1. The fraction of sp³-hybridized carbons (Fsp3) is 0.435. The molecule has 9 heteroatoms. The number of aliphatic hydroxyl groups is 1. The van der Waals surface area contributed by atoms with E-state index >= 15 is 0 Å². The second-order valence-electron chi connectivity index (χ2n) is 9.02. The predicted octanol–water partition coefficient (Wildman–Crippen LogP) is 4.89. The third-order valence-corrected chi connectivity index (χ3v) is 9.72. The zero-order valence-electron chi connectivity index (χ0n) is 17.7. The molecule has 0 aliphatic heterocycles. The molecule has 172 valence electrons. The Kier molecular flexibility index (Phi) is 5.84. The van der Waals surface area contributed by atoms with Crippen molar-refractivity contribution in [1.82, 2.24) is 0 Å². The highest BCUT2D eigenvalue weighted by Gasteiger charge is 2.53. The summed E-state index contributed by atoms with van der Waals surface area (Å²) in [4.78, 5) is 12.6. The van der Waals surface area contributed by atoms with Crippen LogP contribution >= 0.6 is 11.6 Å². The molecule has 2 aliphatic rings. The SMILES string of the molecule is Cc1cc(F)c(F)cc1NC(=O)c1ccc(Cl)c(S(=O)(=O)C2CC3CC[C@@H](C2)[C@]3(C)O)c1. The molecule has 2 N–H and O–H groups in total. The number of hydrogen-bond donors (Lipinski definition) is 2. The molecule has 2 unspecified atom stereocenters. The van der Waals surface area contributed by atoms with Crippen LogP contribution in [0.2, 0.25) is 5.02 Å². The first-order chi connectivity index (χ1) is 14.9. The van der Waals surface area contributed by atoms with E-state index < -0.39 is 38.2 Å². The quantitative estimate of drug-likeness (QED) is 0.648. The number of amides is 1. The Balaban J connectivity index is 1.62. The number of anilines is 1. The average molecular weight is 484 g/mol. The lowest BCUT2D eigenvalue weighted by atomic mass is 9.76. The minimum atomic E-state index is -3.85. The fourth-order valence-corrected chi connectivity index (χ4v) is 7.44. The normalized spacial score (nSPS) is 27.4. The number of hydrogen-bond acceptors (Lipinski definition) is 4. The van der Waals surface area contributed by atoms with Crippen molar-refractivity contribution < 1.29 is 27.1 Å². The van der Waals surface area contributed by atoms with E-state index in [1.807, 2.05) is 0 Å². The molecule has 5 nitrogen and oxygen atoms in total. The highest BCUT2D eigenvalue weighted by Crippen LogP contribution is 2.51. The monoisotopic (exact) mass is 483 g/mol. The summed E-state index contributed by atoms with van der Waals surface area (Å²) in [6.45, 7) is 3.29. The van der Waals surface area contributed by atoms with Gasteiger partial charge in [-0.15, -0.1) is 0 Å². The highest BCUT2D eigenvalue weighted by molar-refractivity contribution is 7.92. The lowest BCUT2D eigenvalue weighted by Crippen LogP contribution is -2.45. The predicted molar refractivity (Wildman–Crippen MR) is 118 cm³/mol. The summed E-state index contributed by atoms with van der Waals surface area (Å²) in [6, 6.07) is 5.78. The zero-order chi connectivity index (χ0) is 23.4. The summed E-state index contributed by atoms with van der Waals surface area (Å²) >= 11 is 6.22. The van der Waals surface area contributed by atoms with Gasteiger partial charge >= 0.3 is 0 Å². The van der Waals surface area contributed by atoms with Crippen molar-refractivity contribution in [2.24, 2.45) is 11.8 Å². The Morgan fingerprint density at radius 3 is 2.34 bits per heavy atom. The Morgan fingerprint density at radius 2 is 1.72 bits per heavy atom. The van der Waals surface area contributed by atoms with Crippen molar-refractivity contribution in [1.29, 1.82) is 0 Å². The first-order valence-corrected chi connectivity index (χ1v) is 12.4. The Bertz CT molecular complexity index is 1180. The number of benzene rings is 2. The molecule has 2 aromatic carbocycles. The van der Waals surface area contributed by atoms with Gasteiger partial charge < -0.3 is 10.4 Å². The Hall–Kier alpha value is -2.03. The second-order valence-corrected chi connectivity index (χ2v) is 11.6. The molecule has 0 spiro atoms. The lowest BCUT2D eigenvalue weighted by molar-refractivity contribution is -0.0413. The number of carbonyl (C=O) groups is 1. The smallest absolute Gasteiger partial charge is 0.255 e. The topological polar surface area (TPSA) is 83.5 Å². The van der Waals surface area contributed by atoms with E-state index in [0.717, 1.165) is 25.0 Å². The maximum absolute atomic E-state index is 13.6. The first-order valence-electron chi connectivity index (χ1n) is 10.4. The van der Waals surface area contributed by atoms with Crippen LogP contribution in [0.25, 0.3) is 0 Å². The van der Waals surface area contributed by atoms with Crippen LogP contribution in [0.1, 0.15) is 48.5 Å². The van der Waals surface area contributed by atoms with E-state index in [1.54, 1.807) is 6.92 Å². The van der Waals surface area contributed by atoms with Crippen LogP contribution in [-0.2, 0) is 9.84 Å². The van der Waals surface area contributed by atoms with E-state index in [4.69, 9.17) is 11.6 Å². The van der Waals surface area contributed by atoms with Gasteiger partial charge in [0, 0.05) is 17.3 Å². The summed E-state index contributed by atoms with van der Waals surface area (Å²) < 4.78 is 53.8. The van der Waals surface area contributed by atoms with Crippen LogP contribution in [-0.4, -0.2) is 30.3 Å². The molecule has 0 saturated heterocycles. The third kappa shape index (κ3) is 3.93. The van der Waals surface area contributed by atoms with E-state index in [-0.39, 0.29) is 33.0 Å². The van der Waals surface area contributed by atoms with Crippen LogP contribution in [0.3, 0.4) is 0 Å². The van der Waals surface area contributed by atoms with Crippen molar-refractivity contribution in [2.45, 2.75) is 55.3 Å². The molecule has 2 fully saturated rings. The molecule has 0 radical (unpaired) electrons. The van der Waals surface area contributed by atoms with Crippen molar-refractivity contribution in [2.75, 3.05) is 5.32 Å². The average Bonchev–Trinajstić information content (AvgIpc) is 2.88. The minimum absolute atomic E-state index is 0.00948. The largest absolute Gasteiger partial charge is 0.390 e. The van der Waals surface area contributed by atoms with Gasteiger partial charge in [-0.1, -0.05) is 11.6 Å². The third-order valence-electron chi connectivity index (χ3n) is 7.07. The minimum Gasteiger partial charge on any atom is -0.390 e. The van der Waals surface area contributed by atoms with E-state index in [1.165, 1.54) is 25.1 Å². The van der Waals surface area contributed by atoms with Gasteiger partial charge in [-0.05, 0) is 81.2 Å². The molecule has 2 saturated carbocycles. The number of nitrogens with one attached hydrogen (secondary N) is 1. The maximum atomic E-state index is 13.6. The van der Waals surface area contributed by atoms with Crippen molar-refractivity contribution >= 4 is 33.0 Å². The molecule has 2 aromatic rings. The molecule has 32 heavy (non-hydrogen) atoms. The number of carbonyl (C=O) groups excluding carboxylic acids is 1. The molecule has 1 amide bonds. The molecule has 0 aromatic heterocycles. The van der Waals surface area contributed by atoms with Gasteiger partial charge in [-0.2, -0.15) is 0 Å². The van der Waals surface area contributed by atoms with Crippen molar-refractivity contribution in [3.05, 3.63) is 58.1 Å². The van der Waals surface area contributed by atoms with Gasteiger partial charge in [0.1, 0.15) is 0 Å². The van der Waals surface area contributed by atoms with Gasteiger partial charge in [-0.3, -0.25) is 4.79 Å². The summed E-state index contributed by atoms with van der Waals surface area (Å²) in [5.41, 5.74) is -0.425. The summed E-state index contributed by atoms with van der Waals surface area (Å²) in [5.74, 6) is -2.99. The molecule has 4 rings (SSSR count). The zero-order valence-corrected chi connectivity index (χ0v) is 19.2. The molecule has 2 aliphatic carbocycles. The number of halogens is 3. The molecular weight excluding hydrogens is 460 g/mol. The fourth-order valence-electron chi connectivity index (χ4n) is 5.03. The van der Waals surface area contributed by atoms with Gasteiger partial charge in [0.25, 0.3) is 5.91 Å². The van der Waals surface area contributed by atoms with E-state index in [0.29, 0.717) is 18.4 Å². The van der Waals surface area contributed by atoms with Crippen LogP contribution in [0.15, 0.2) is 35.2 Å². The second kappa shape index (κ2) is 8.08. The van der Waals surface area contributed by atoms with Gasteiger partial charge in [0.2, 0.25) is 0 Å². The summed E-state index contributed by atoms with van der Waals surface area (Å²) in [7, 11) is -3.85. The number of rotatable bonds is 4.